The summed E-state index contributed by atoms with van der Waals surface area (Å²) in [5.74, 6) is 0. The molecular weight excluding hydrogens is 518 g/mol. The molecule has 1 aromatic heterocycles. The molecule has 212 valence electrons. The van der Waals surface area contributed by atoms with Gasteiger partial charge in [-0.3, -0.25) is 4.98 Å². The number of rotatable bonds is 12. The minimum absolute atomic E-state index is 0.109. The SMILES string of the molecule is Cc1ccc(-c2ccc(C[C@@H](C[C@@H](O)[C@H](Cc3ccccc3)NC(=O)O)NC(=O)OCc3ccccc3)cc2)nc1. The molecule has 4 N–H and O–H groups in total. The third-order valence-corrected chi connectivity index (χ3v) is 6.78. The number of nitrogens with zero attached hydrogens (tertiary/aromatic N) is 1. The fourth-order valence-corrected chi connectivity index (χ4v) is 4.63. The maximum Gasteiger partial charge on any atom is 0.407 e. The van der Waals surface area contributed by atoms with E-state index in [4.69, 9.17) is 4.74 Å². The molecular formula is C33H35N3O5. The molecule has 3 aromatic carbocycles. The van der Waals surface area contributed by atoms with Gasteiger partial charge in [0.2, 0.25) is 0 Å². The van der Waals surface area contributed by atoms with Crippen molar-refractivity contribution in [3.8, 4) is 11.3 Å². The van der Waals surface area contributed by atoms with E-state index in [1.807, 2.05) is 110 Å². The fraction of sp³-hybridized carbons (Fsp3) is 0.242. The fourth-order valence-electron chi connectivity index (χ4n) is 4.63. The van der Waals surface area contributed by atoms with Crippen LogP contribution in [0.2, 0.25) is 0 Å². The van der Waals surface area contributed by atoms with Gasteiger partial charge in [0, 0.05) is 17.8 Å². The topological polar surface area (TPSA) is 121 Å². The van der Waals surface area contributed by atoms with Crippen molar-refractivity contribution in [2.75, 3.05) is 0 Å². The van der Waals surface area contributed by atoms with Crippen molar-refractivity contribution in [3.63, 3.8) is 0 Å². The highest BCUT2D eigenvalue weighted by atomic mass is 16.5. The normalized spacial score (nSPS) is 13.0. The van der Waals surface area contributed by atoms with Crippen molar-refractivity contribution in [2.24, 2.45) is 0 Å². The summed E-state index contributed by atoms with van der Waals surface area (Å²) in [4.78, 5) is 28.8. The second-order valence-electron chi connectivity index (χ2n) is 10.1. The van der Waals surface area contributed by atoms with Crippen LogP contribution < -0.4 is 10.6 Å². The van der Waals surface area contributed by atoms with E-state index in [1.54, 1.807) is 0 Å². The number of alkyl carbamates (subject to hydrolysis) is 1. The first-order valence-electron chi connectivity index (χ1n) is 13.6. The van der Waals surface area contributed by atoms with E-state index >= 15 is 0 Å². The first-order valence-corrected chi connectivity index (χ1v) is 13.6. The Morgan fingerprint density at radius 2 is 1.44 bits per heavy atom. The van der Waals surface area contributed by atoms with Gasteiger partial charge < -0.3 is 25.6 Å². The molecule has 1 heterocycles. The molecule has 0 saturated carbocycles. The predicted octanol–water partition coefficient (Wildman–Crippen LogP) is 5.52. The summed E-state index contributed by atoms with van der Waals surface area (Å²) >= 11 is 0. The number of carbonyl (C=O) groups is 2. The molecule has 0 radical (unpaired) electrons. The first kappa shape index (κ1) is 29.3. The predicted molar refractivity (Wildman–Crippen MR) is 157 cm³/mol. The lowest BCUT2D eigenvalue weighted by Gasteiger charge is -2.27. The summed E-state index contributed by atoms with van der Waals surface area (Å²) in [6, 6.07) is 29.3. The Kier molecular flexibility index (Phi) is 10.5. The Hall–Kier alpha value is -4.69. The van der Waals surface area contributed by atoms with Crippen LogP contribution in [0.15, 0.2) is 103 Å². The number of nitrogens with one attached hydrogen (secondary N) is 2. The first-order chi connectivity index (χ1) is 19.9. The van der Waals surface area contributed by atoms with Gasteiger partial charge in [-0.05, 0) is 54.5 Å². The lowest BCUT2D eigenvalue weighted by Crippen LogP contribution is -2.48. The maximum atomic E-state index is 12.8. The lowest BCUT2D eigenvalue weighted by atomic mass is 9.93. The molecule has 4 rings (SSSR count). The Morgan fingerprint density at radius 3 is 2.05 bits per heavy atom. The van der Waals surface area contributed by atoms with Crippen LogP contribution in [0.3, 0.4) is 0 Å². The van der Waals surface area contributed by atoms with Crippen LogP contribution in [0.25, 0.3) is 11.3 Å². The number of amides is 2. The largest absolute Gasteiger partial charge is 0.465 e. The second-order valence-corrected chi connectivity index (χ2v) is 10.1. The zero-order valence-corrected chi connectivity index (χ0v) is 22.9. The third-order valence-electron chi connectivity index (χ3n) is 6.78. The molecule has 0 aliphatic rings. The summed E-state index contributed by atoms with van der Waals surface area (Å²) in [6.45, 7) is 2.10. The van der Waals surface area contributed by atoms with Crippen molar-refractivity contribution in [1.29, 1.82) is 0 Å². The van der Waals surface area contributed by atoms with Crippen molar-refractivity contribution in [1.82, 2.24) is 15.6 Å². The Morgan fingerprint density at radius 1 is 0.805 bits per heavy atom. The lowest BCUT2D eigenvalue weighted by molar-refractivity contribution is 0.0955. The van der Waals surface area contributed by atoms with E-state index in [0.717, 1.165) is 33.5 Å². The number of ether oxygens (including phenoxy) is 1. The van der Waals surface area contributed by atoms with Crippen molar-refractivity contribution >= 4 is 12.2 Å². The van der Waals surface area contributed by atoms with Crippen molar-refractivity contribution < 1.29 is 24.5 Å². The average Bonchev–Trinajstić information content (AvgIpc) is 2.97. The minimum atomic E-state index is -1.22. The highest BCUT2D eigenvalue weighted by Crippen LogP contribution is 2.20. The number of aryl methyl sites for hydroxylation is 1. The van der Waals surface area contributed by atoms with Crippen molar-refractivity contribution in [3.05, 3.63) is 126 Å². The zero-order valence-electron chi connectivity index (χ0n) is 22.9. The molecule has 3 atom stereocenters. The summed E-state index contributed by atoms with van der Waals surface area (Å²) < 4.78 is 5.44. The molecule has 0 saturated heterocycles. The number of carboxylic acid groups (broad SMARTS) is 1. The van der Waals surface area contributed by atoms with Crippen LogP contribution in [0.4, 0.5) is 9.59 Å². The minimum Gasteiger partial charge on any atom is -0.465 e. The molecule has 41 heavy (non-hydrogen) atoms. The van der Waals surface area contributed by atoms with Gasteiger partial charge in [0.1, 0.15) is 6.61 Å². The maximum absolute atomic E-state index is 12.8. The summed E-state index contributed by atoms with van der Waals surface area (Å²) in [5.41, 5.74) is 5.59. The van der Waals surface area contributed by atoms with Crippen LogP contribution in [0, 0.1) is 6.92 Å². The van der Waals surface area contributed by atoms with Crippen LogP contribution in [0.1, 0.15) is 28.7 Å². The highest BCUT2D eigenvalue weighted by Gasteiger charge is 2.26. The zero-order chi connectivity index (χ0) is 29.0. The molecule has 0 spiro atoms. The van der Waals surface area contributed by atoms with E-state index in [2.05, 4.69) is 15.6 Å². The number of aliphatic hydroxyl groups excluding tert-OH is 1. The molecule has 0 aliphatic carbocycles. The van der Waals surface area contributed by atoms with Gasteiger partial charge >= 0.3 is 12.2 Å². The standard InChI is InChI=1S/C33H35N3O5/c1-23-12-17-29(34-21-23)27-15-13-25(14-16-27)18-28(35-33(40)41-22-26-10-6-3-7-11-26)20-31(37)30(36-32(38)39)19-24-8-4-2-5-9-24/h2-17,21,28,30-31,36-37H,18-20,22H2,1H3,(H,35,40)(H,38,39)/t28-,30-,31+/m0/s1. The van der Waals surface area contributed by atoms with Gasteiger partial charge in [-0.2, -0.15) is 0 Å². The number of hydrogen-bond donors (Lipinski definition) is 4. The Labute approximate surface area is 240 Å². The monoisotopic (exact) mass is 553 g/mol. The van der Waals surface area contributed by atoms with E-state index in [0.29, 0.717) is 12.8 Å². The van der Waals surface area contributed by atoms with Gasteiger partial charge in [0.05, 0.1) is 17.8 Å². The summed E-state index contributed by atoms with van der Waals surface area (Å²) in [5, 5.41) is 25.9. The van der Waals surface area contributed by atoms with E-state index < -0.39 is 30.4 Å². The summed E-state index contributed by atoms with van der Waals surface area (Å²) in [6.07, 6.45) is -0.263. The number of aromatic nitrogens is 1. The smallest absolute Gasteiger partial charge is 0.407 e. The average molecular weight is 554 g/mol. The van der Waals surface area contributed by atoms with Gasteiger partial charge in [0.25, 0.3) is 0 Å². The molecule has 2 amide bonds. The van der Waals surface area contributed by atoms with Crippen LogP contribution in [0.5, 0.6) is 0 Å². The third kappa shape index (κ3) is 9.47. The van der Waals surface area contributed by atoms with E-state index in [9.17, 15) is 19.8 Å². The Balaban J connectivity index is 1.47. The molecule has 0 unspecified atom stereocenters. The van der Waals surface area contributed by atoms with Crippen molar-refractivity contribution in [2.45, 2.75) is 51.0 Å². The molecule has 8 heteroatoms. The van der Waals surface area contributed by atoms with Gasteiger partial charge in [-0.1, -0.05) is 91.0 Å². The number of benzene rings is 3. The number of pyridine rings is 1. The molecule has 8 nitrogen and oxygen atoms in total. The number of hydrogen-bond acceptors (Lipinski definition) is 5. The van der Waals surface area contributed by atoms with Crippen LogP contribution >= 0.6 is 0 Å². The van der Waals surface area contributed by atoms with Gasteiger partial charge in [0.15, 0.2) is 0 Å². The van der Waals surface area contributed by atoms with Crippen LogP contribution in [-0.4, -0.2) is 45.6 Å². The van der Waals surface area contributed by atoms with Gasteiger partial charge in [-0.15, -0.1) is 0 Å². The van der Waals surface area contributed by atoms with Gasteiger partial charge in [-0.25, -0.2) is 9.59 Å². The number of carbonyl (C=O) groups excluding carboxylic acids is 1. The van der Waals surface area contributed by atoms with E-state index in [-0.39, 0.29) is 13.0 Å². The van der Waals surface area contributed by atoms with E-state index in [1.165, 1.54) is 0 Å². The summed E-state index contributed by atoms with van der Waals surface area (Å²) in [7, 11) is 0. The second kappa shape index (κ2) is 14.6. The Bertz CT molecular complexity index is 1380. The number of aliphatic hydroxyl groups is 1. The highest BCUT2D eigenvalue weighted by molar-refractivity contribution is 5.68. The molecule has 4 aromatic rings. The molecule has 0 bridgehead atoms. The van der Waals surface area contributed by atoms with Crippen LogP contribution in [-0.2, 0) is 24.2 Å². The quantitative estimate of drug-likeness (QED) is 0.183. The molecule has 0 aliphatic heterocycles. The molecule has 0 fully saturated rings.